The van der Waals surface area contributed by atoms with Crippen LogP contribution in [0.15, 0.2) is 12.4 Å². The van der Waals surface area contributed by atoms with Gasteiger partial charge in [-0.15, -0.1) is 0 Å². The molecule has 0 fully saturated rings. The molecule has 1 heterocycles. The van der Waals surface area contributed by atoms with Crippen LogP contribution < -0.4 is 9.64 Å². The van der Waals surface area contributed by atoms with E-state index in [2.05, 4.69) is 32.8 Å². The molecule has 102 valence electrons. The van der Waals surface area contributed by atoms with Crippen LogP contribution in [0, 0.1) is 0 Å². The molecule has 0 aliphatic heterocycles. The third-order valence-corrected chi connectivity index (χ3v) is 2.85. The van der Waals surface area contributed by atoms with Crippen molar-refractivity contribution in [2.45, 2.75) is 18.2 Å². The van der Waals surface area contributed by atoms with Crippen molar-refractivity contribution >= 4 is 21.7 Å². The molecule has 0 aliphatic rings. The van der Waals surface area contributed by atoms with Crippen molar-refractivity contribution in [2.75, 3.05) is 38.8 Å². The quantitative estimate of drug-likeness (QED) is 0.687. The lowest BCUT2D eigenvalue weighted by molar-refractivity contribution is 0.201. The standard InChI is InChI=1S/C12H20BrN3O2/c1-4-5-18-12-6-11(14-9-15-12)16(2)7-10(13)8-17-3/h6,9-10H,4-5,7-8H2,1-3H3. The number of ether oxygens (including phenoxy) is 2. The minimum Gasteiger partial charge on any atom is -0.478 e. The molecule has 0 amide bonds. The van der Waals surface area contributed by atoms with E-state index in [1.807, 2.05) is 18.0 Å². The second kappa shape index (κ2) is 8.26. The number of methoxy groups -OCH3 is 1. The van der Waals surface area contributed by atoms with Crippen LogP contribution in [0.1, 0.15) is 13.3 Å². The van der Waals surface area contributed by atoms with Crippen molar-refractivity contribution in [1.82, 2.24) is 9.97 Å². The highest BCUT2D eigenvalue weighted by Gasteiger charge is 2.10. The first-order chi connectivity index (χ1) is 8.67. The summed E-state index contributed by atoms with van der Waals surface area (Å²) in [7, 11) is 3.67. The van der Waals surface area contributed by atoms with E-state index >= 15 is 0 Å². The van der Waals surface area contributed by atoms with Crippen LogP contribution in [-0.4, -0.2) is 48.7 Å². The van der Waals surface area contributed by atoms with Crippen molar-refractivity contribution in [2.24, 2.45) is 0 Å². The predicted octanol–water partition coefficient (Wildman–Crippen LogP) is 2.11. The minimum atomic E-state index is 0.266. The van der Waals surface area contributed by atoms with Crippen molar-refractivity contribution in [3.05, 3.63) is 12.4 Å². The van der Waals surface area contributed by atoms with Gasteiger partial charge >= 0.3 is 0 Å². The second-order valence-electron chi connectivity index (χ2n) is 4.00. The first-order valence-electron chi connectivity index (χ1n) is 5.96. The summed E-state index contributed by atoms with van der Waals surface area (Å²) >= 11 is 3.56. The summed E-state index contributed by atoms with van der Waals surface area (Å²) in [5, 5.41) is 0. The number of alkyl halides is 1. The number of hydrogen-bond donors (Lipinski definition) is 0. The van der Waals surface area contributed by atoms with Gasteiger partial charge in [-0.3, -0.25) is 0 Å². The van der Waals surface area contributed by atoms with Gasteiger partial charge in [0.05, 0.1) is 18.0 Å². The number of nitrogens with zero attached hydrogens (tertiary/aromatic N) is 3. The van der Waals surface area contributed by atoms with E-state index in [4.69, 9.17) is 9.47 Å². The Kier molecular flexibility index (Phi) is 6.97. The molecule has 0 saturated carbocycles. The Morgan fingerprint density at radius 3 is 2.89 bits per heavy atom. The Labute approximate surface area is 117 Å². The van der Waals surface area contributed by atoms with E-state index < -0.39 is 0 Å². The van der Waals surface area contributed by atoms with Gasteiger partial charge in [0.1, 0.15) is 12.1 Å². The Hall–Kier alpha value is -0.880. The molecular weight excluding hydrogens is 298 g/mol. The van der Waals surface area contributed by atoms with Crippen LogP contribution in [0.5, 0.6) is 5.88 Å². The summed E-state index contributed by atoms with van der Waals surface area (Å²) in [6, 6.07) is 1.85. The van der Waals surface area contributed by atoms with Gasteiger partial charge < -0.3 is 14.4 Å². The zero-order chi connectivity index (χ0) is 13.4. The molecule has 0 bridgehead atoms. The summed E-state index contributed by atoms with van der Waals surface area (Å²) < 4.78 is 10.6. The molecule has 5 nitrogen and oxygen atoms in total. The van der Waals surface area contributed by atoms with E-state index in [0.717, 1.165) is 18.8 Å². The highest BCUT2D eigenvalue weighted by atomic mass is 79.9. The average molecular weight is 318 g/mol. The van der Waals surface area contributed by atoms with Gasteiger partial charge in [0.25, 0.3) is 0 Å². The van der Waals surface area contributed by atoms with Crippen molar-refractivity contribution in [1.29, 1.82) is 0 Å². The Balaban J connectivity index is 2.58. The summed E-state index contributed by atoms with van der Waals surface area (Å²) in [5.41, 5.74) is 0. The van der Waals surface area contributed by atoms with E-state index in [0.29, 0.717) is 19.1 Å². The van der Waals surface area contributed by atoms with Crippen LogP contribution in [0.25, 0.3) is 0 Å². The largest absolute Gasteiger partial charge is 0.478 e. The molecule has 1 unspecified atom stereocenters. The molecule has 0 N–H and O–H groups in total. The third-order valence-electron chi connectivity index (χ3n) is 2.29. The monoisotopic (exact) mass is 317 g/mol. The van der Waals surface area contributed by atoms with E-state index in [-0.39, 0.29) is 4.83 Å². The van der Waals surface area contributed by atoms with Gasteiger partial charge in [-0.2, -0.15) is 0 Å². The van der Waals surface area contributed by atoms with Crippen LogP contribution >= 0.6 is 15.9 Å². The Morgan fingerprint density at radius 2 is 2.22 bits per heavy atom. The summed E-state index contributed by atoms with van der Waals surface area (Å²) in [6.45, 7) is 4.20. The van der Waals surface area contributed by atoms with E-state index in [9.17, 15) is 0 Å². The number of rotatable bonds is 8. The van der Waals surface area contributed by atoms with Crippen molar-refractivity contribution in [3.63, 3.8) is 0 Å². The highest BCUT2D eigenvalue weighted by molar-refractivity contribution is 9.09. The number of aromatic nitrogens is 2. The molecule has 1 atom stereocenters. The lowest BCUT2D eigenvalue weighted by atomic mass is 10.4. The average Bonchev–Trinajstić information content (AvgIpc) is 2.37. The van der Waals surface area contributed by atoms with Crippen LogP contribution in [0.2, 0.25) is 0 Å². The number of anilines is 1. The molecule has 0 aliphatic carbocycles. The molecule has 1 aromatic heterocycles. The van der Waals surface area contributed by atoms with Crippen molar-refractivity contribution in [3.8, 4) is 5.88 Å². The molecule has 0 saturated heterocycles. The van der Waals surface area contributed by atoms with Crippen molar-refractivity contribution < 1.29 is 9.47 Å². The summed E-state index contributed by atoms with van der Waals surface area (Å²) in [6.07, 6.45) is 2.49. The zero-order valence-corrected chi connectivity index (χ0v) is 12.7. The minimum absolute atomic E-state index is 0.266. The van der Waals surface area contributed by atoms with Gasteiger partial charge in [-0.1, -0.05) is 22.9 Å². The van der Waals surface area contributed by atoms with E-state index in [1.165, 1.54) is 6.33 Å². The lowest BCUT2D eigenvalue weighted by Gasteiger charge is -2.21. The van der Waals surface area contributed by atoms with Crippen LogP contribution in [0.3, 0.4) is 0 Å². The fourth-order valence-corrected chi connectivity index (χ4v) is 2.15. The molecule has 6 heteroatoms. The second-order valence-corrected chi connectivity index (χ2v) is 5.29. The zero-order valence-electron chi connectivity index (χ0n) is 11.1. The molecular formula is C12H20BrN3O2. The van der Waals surface area contributed by atoms with Gasteiger partial charge in [0.2, 0.25) is 5.88 Å². The maximum Gasteiger partial charge on any atom is 0.218 e. The van der Waals surface area contributed by atoms with Crippen LogP contribution in [0.4, 0.5) is 5.82 Å². The van der Waals surface area contributed by atoms with Crippen LogP contribution in [-0.2, 0) is 4.74 Å². The lowest BCUT2D eigenvalue weighted by Crippen LogP contribution is -2.28. The molecule has 0 aromatic carbocycles. The molecule has 18 heavy (non-hydrogen) atoms. The SMILES string of the molecule is CCCOc1cc(N(C)CC(Br)COC)ncn1. The van der Waals surface area contributed by atoms with Gasteiger partial charge in [-0.25, -0.2) is 9.97 Å². The first kappa shape index (κ1) is 15.2. The molecule has 0 radical (unpaired) electrons. The van der Waals surface area contributed by atoms with Gasteiger partial charge in [0, 0.05) is 26.8 Å². The number of halogens is 1. The Bertz CT molecular complexity index is 352. The predicted molar refractivity (Wildman–Crippen MR) is 75.7 cm³/mol. The fourth-order valence-electron chi connectivity index (χ4n) is 1.45. The van der Waals surface area contributed by atoms with Gasteiger partial charge in [-0.05, 0) is 6.42 Å². The maximum absolute atomic E-state index is 5.48. The highest BCUT2D eigenvalue weighted by Crippen LogP contribution is 2.16. The third kappa shape index (κ3) is 5.18. The molecule has 1 aromatic rings. The first-order valence-corrected chi connectivity index (χ1v) is 6.88. The molecule has 1 rings (SSSR count). The maximum atomic E-state index is 5.48. The molecule has 0 spiro atoms. The summed E-state index contributed by atoms with van der Waals surface area (Å²) in [4.78, 5) is 10.6. The van der Waals surface area contributed by atoms with Gasteiger partial charge in [0.15, 0.2) is 0 Å². The summed E-state index contributed by atoms with van der Waals surface area (Å²) in [5.74, 6) is 1.46. The fraction of sp³-hybridized carbons (Fsp3) is 0.667. The topological polar surface area (TPSA) is 47.5 Å². The van der Waals surface area contributed by atoms with E-state index in [1.54, 1.807) is 7.11 Å². The normalized spacial score (nSPS) is 12.2. The Morgan fingerprint density at radius 1 is 1.44 bits per heavy atom. The number of hydrogen-bond acceptors (Lipinski definition) is 5. The smallest absolute Gasteiger partial charge is 0.218 e.